The highest BCUT2D eigenvalue weighted by Crippen LogP contribution is 2.39. The van der Waals surface area contributed by atoms with Crippen LogP contribution in [0.3, 0.4) is 0 Å². The zero-order chi connectivity index (χ0) is 24.8. The summed E-state index contributed by atoms with van der Waals surface area (Å²) in [5, 5.41) is 3.09. The van der Waals surface area contributed by atoms with Crippen molar-refractivity contribution in [2.45, 2.75) is 19.9 Å². The predicted molar refractivity (Wildman–Crippen MR) is 128 cm³/mol. The number of nitrogens with one attached hydrogen (secondary N) is 1. The quantitative estimate of drug-likeness (QED) is 0.545. The fourth-order valence-electron chi connectivity index (χ4n) is 3.65. The highest BCUT2D eigenvalue weighted by molar-refractivity contribution is 7.17. The average Bonchev–Trinajstić information content (AvgIpc) is 3.19. The van der Waals surface area contributed by atoms with Crippen LogP contribution in [0.15, 0.2) is 18.2 Å². The standard InChI is InChI=1S/C23H27N3O7S/c1-5-33-23(29)26-9-8-14-17(12-26)34-22(19(14)21(24)28)25-18(27)7-6-13-10-15(30-2)20(32-4)16(11-13)31-3/h6-7,10-11H,5,8-9,12H2,1-4H3,(H2,24,28)(H,25,27)/b7-6+. The first-order valence-electron chi connectivity index (χ1n) is 10.5. The van der Waals surface area contributed by atoms with Gasteiger partial charge >= 0.3 is 6.09 Å². The minimum Gasteiger partial charge on any atom is -0.493 e. The smallest absolute Gasteiger partial charge is 0.410 e. The summed E-state index contributed by atoms with van der Waals surface area (Å²) in [6.07, 6.45) is 2.94. The molecule has 0 saturated heterocycles. The molecule has 1 aliphatic heterocycles. The van der Waals surface area contributed by atoms with Crippen LogP contribution in [-0.2, 0) is 22.5 Å². The van der Waals surface area contributed by atoms with Gasteiger partial charge in [0.25, 0.3) is 5.91 Å². The Labute approximate surface area is 201 Å². The third-order valence-corrected chi connectivity index (χ3v) is 6.31. The second kappa shape index (κ2) is 10.9. The van der Waals surface area contributed by atoms with Crippen molar-refractivity contribution >= 4 is 40.3 Å². The molecule has 0 saturated carbocycles. The summed E-state index contributed by atoms with van der Waals surface area (Å²) in [5.41, 5.74) is 7.29. The first-order chi connectivity index (χ1) is 16.3. The summed E-state index contributed by atoms with van der Waals surface area (Å²) < 4.78 is 21.0. The van der Waals surface area contributed by atoms with Crippen molar-refractivity contribution in [1.82, 2.24) is 4.90 Å². The van der Waals surface area contributed by atoms with Gasteiger partial charge in [-0.15, -0.1) is 11.3 Å². The number of hydrogen-bond acceptors (Lipinski definition) is 8. The molecule has 2 aromatic rings. The maximum atomic E-state index is 12.6. The lowest BCUT2D eigenvalue weighted by molar-refractivity contribution is -0.111. The molecule has 182 valence electrons. The molecule has 3 amide bonds. The number of amides is 3. The van der Waals surface area contributed by atoms with Crippen molar-refractivity contribution in [3.8, 4) is 17.2 Å². The summed E-state index contributed by atoms with van der Waals surface area (Å²) in [7, 11) is 4.52. The molecule has 0 atom stereocenters. The Hall–Kier alpha value is -3.73. The third kappa shape index (κ3) is 5.25. The normalized spacial score (nSPS) is 12.8. The van der Waals surface area contributed by atoms with Crippen molar-refractivity contribution in [2.75, 3.05) is 39.8 Å². The van der Waals surface area contributed by atoms with Gasteiger partial charge in [0.15, 0.2) is 11.5 Å². The number of carbonyl (C=O) groups is 3. The molecule has 3 N–H and O–H groups in total. The lowest BCUT2D eigenvalue weighted by Crippen LogP contribution is -2.36. The Bertz CT molecular complexity index is 1100. The first kappa shape index (κ1) is 24.9. The minimum atomic E-state index is -0.633. The van der Waals surface area contributed by atoms with Gasteiger partial charge in [-0.25, -0.2) is 4.79 Å². The Morgan fingerprint density at radius 1 is 1.15 bits per heavy atom. The van der Waals surface area contributed by atoms with Gasteiger partial charge in [0.05, 0.1) is 40.0 Å². The molecule has 1 aromatic heterocycles. The molecule has 0 spiro atoms. The number of primary amides is 1. The molecule has 3 rings (SSSR count). The number of nitrogens with zero attached hydrogens (tertiary/aromatic N) is 1. The number of anilines is 1. The topological polar surface area (TPSA) is 129 Å². The number of benzene rings is 1. The van der Waals surface area contributed by atoms with E-state index in [1.165, 1.54) is 38.7 Å². The van der Waals surface area contributed by atoms with Crippen molar-refractivity contribution in [1.29, 1.82) is 0 Å². The molecule has 0 bridgehead atoms. The molecule has 1 aliphatic rings. The number of nitrogens with two attached hydrogens (primary N) is 1. The molecule has 0 fully saturated rings. The number of thiophene rings is 1. The van der Waals surface area contributed by atoms with Crippen LogP contribution in [0, 0.1) is 0 Å². The predicted octanol–water partition coefficient (Wildman–Crippen LogP) is 3.04. The summed E-state index contributed by atoms with van der Waals surface area (Å²) in [5.74, 6) is 0.270. The summed E-state index contributed by atoms with van der Waals surface area (Å²) in [4.78, 5) is 39.2. The van der Waals surface area contributed by atoms with Crippen LogP contribution in [0.2, 0.25) is 0 Å². The Morgan fingerprint density at radius 2 is 1.82 bits per heavy atom. The van der Waals surface area contributed by atoms with Gasteiger partial charge < -0.3 is 34.9 Å². The maximum absolute atomic E-state index is 12.6. The lowest BCUT2D eigenvalue weighted by atomic mass is 10.0. The lowest BCUT2D eigenvalue weighted by Gasteiger charge is -2.26. The molecule has 0 aliphatic carbocycles. The van der Waals surface area contributed by atoms with Crippen LogP contribution in [0.25, 0.3) is 6.08 Å². The first-order valence-corrected chi connectivity index (χ1v) is 11.3. The van der Waals surface area contributed by atoms with Crippen molar-refractivity contribution in [3.05, 3.63) is 39.8 Å². The molecule has 10 nitrogen and oxygen atoms in total. The molecule has 2 heterocycles. The Balaban J connectivity index is 1.81. The van der Waals surface area contributed by atoms with Crippen LogP contribution in [0.1, 0.15) is 33.3 Å². The number of carbonyl (C=O) groups excluding carboxylic acids is 3. The highest BCUT2D eigenvalue weighted by atomic mass is 32.1. The van der Waals surface area contributed by atoms with Crippen molar-refractivity contribution in [3.63, 3.8) is 0 Å². The zero-order valence-corrected chi connectivity index (χ0v) is 20.2. The van der Waals surface area contributed by atoms with Gasteiger partial charge in [0.2, 0.25) is 11.7 Å². The summed E-state index contributed by atoms with van der Waals surface area (Å²) in [6, 6.07) is 3.40. The third-order valence-electron chi connectivity index (χ3n) is 5.18. The summed E-state index contributed by atoms with van der Waals surface area (Å²) >= 11 is 1.22. The van der Waals surface area contributed by atoms with Crippen LogP contribution in [-0.4, -0.2) is 57.3 Å². The molecular weight excluding hydrogens is 462 g/mol. The molecule has 11 heteroatoms. The molecule has 0 unspecified atom stereocenters. The highest BCUT2D eigenvalue weighted by Gasteiger charge is 2.29. The minimum absolute atomic E-state index is 0.276. The molecular formula is C23H27N3O7S. The zero-order valence-electron chi connectivity index (χ0n) is 19.4. The van der Waals surface area contributed by atoms with E-state index in [9.17, 15) is 14.4 Å². The fraction of sp³-hybridized carbons (Fsp3) is 0.348. The van der Waals surface area contributed by atoms with E-state index in [0.29, 0.717) is 40.8 Å². The second-order valence-electron chi connectivity index (χ2n) is 7.22. The van der Waals surface area contributed by atoms with E-state index in [-0.39, 0.29) is 18.7 Å². The van der Waals surface area contributed by atoms with E-state index in [2.05, 4.69) is 5.32 Å². The molecule has 34 heavy (non-hydrogen) atoms. The van der Waals surface area contributed by atoms with Gasteiger partial charge in [-0.1, -0.05) is 0 Å². The number of hydrogen-bond donors (Lipinski definition) is 2. The van der Waals surface area contributed by atoms with E-state index >= 15 is 0 Å². The average molecular weight is 490 g/mol. The van der Waals surface area contributed by atoms with Crippen LogP contribution < -0.4 is 25.3 Å². The van der Waals surface area contributed by atoms with Gasteiger partial charge in [-0.3, -0.25) is 9.59 Å². The van der Waals surface area contributed by atoms with Crippen LogP contribution >= 0.6 is 11.3 Å². The Morgan fingerprint density at radius 3 is 2.38 bits per heavy atom. The SMILES string of the molecule is CCOC(=O)N1CCc2c(sc(NC(=O)/C=C/c3cc(OC)c(OC)c(OC)c3)c2C(N)=O)C1. The number of ether oxygens (including phenoxy) is 4. The van der Waals surface area contributed by atoms with Crippen molar-refractivity contribution < 1.29 is 33.3 Å². The molecule has 0 radical (unpaired) electrons. The van der Waals surface area contributed by atoms with Gasteiger partial charge in [0, 0.05) is 17.5 Å². The van der Waals surface area contributed by atoms with Gasteiger partial charge in [0.1, 0.15) is 5.00 Å². The largest absolute Gasteiger partial charge is 0.493 e. The summed E-state index contributed by atoms with van der Waals surface area (Å²) in [6.45, 7) is 2.70. The number of fused-ring (bicyclic) bond motifs is 1. The van der Waals surface area contributed by atoms with Gasteiger partial charge in [-0.05, 0) is 42.7 Å². The number of methoxy groups -OCH3 is 3. The van der Waals surface area contributed by atoms with Crippen LogP contribution in [0.4, 0.5) is 9.80 Å². The van der Waals surface area contributed by atoms with E-state index in [1.807, 2.05) is 0 Å². The van der Waals surface area contributed by atoms with Crippen LogP contribution in [0.5, 0.6) is 17.2 Å². The second-order valence-corrected chi connectivity index (χ2v) is 8.33. The van der Waals surface area contributed by atoms with Crippen molar-refractivity contribution in [2.24, 2.45) is 5.73 Å². The van der Waals surface area contributed by atoms with E-state index in [4.69, 9.17) is 24.7 Å². The molecule has 1 aromatic carbocycles. The number of rotatable bonds is 8. The van der Waals surface area contributed by atoms with E-state index < -0.39 is 17.9 Å². The van der Waals surface area contributed by atoms with Gasteiger partial charge in [-0.2, -0.15) is 0 Å². The maximum Gasteiger partial charge on any atom is 0.410 e. The van der Waals surface area contributed by atoms with E-state index in [1.54, 1.807) is 30.0 Å². The van der Waals surface area contributed by atoms with E-state index in [0.717, 1.165) is 10.4 Å². The fourth-order valence-corrected chi connectivity index (χ4v) is 4.92. The monoisotopic (exact) mass is 489 g/mol. The Kier molecular flexibility index (Phi) is 8.00.